The Bertz CT molecular complexity index is 953. The quantitative estimate of drug-likeness (QED) is 0.738. The second kappa shape index (κ2) is 9.00. The number of hydrogen-bond acceptors (Lipinski definition) is 6. The number of nitrogens with one attached hydrogen (secondary N) is 1. The monoisotopic (exact) mass is 443 g/mol. The maximum atomic E-state index is 13.0. The number of ether oxygens (including phenoxy) is 1. The fourth-order valence-corrected chi connectivity index (χ4v) is 4.28. The van der Waals surface area contributed by atoms with Gasteiger partial charge in [-0.05, 0) is 11.6 Å². The molecule has 30 heavy (non-hydrogen) atoms. The van der Waals surface area contributed by atoms with Crippen molar-refractivity contribution in [3.8, 4) is 5.88 Å². The van der Waals surface area contributed by atoms with E-state index in [2.05, 4.69) is 15.0 Å². The molecule has 0 radical (unpaired) electrons. The van der Waals surface area contributed by atoms with Crippen LogP contribution in [0, 0.1) is 0 Å². The normalized spacial score (nSPS) is 17.8. The summed E-state index contributed by atoms with van der Waals surface area (Å²) in [6.45, 7) is -1.02. The van der Waals surface area contributed by atoms with Crippen molar-refractivity contribution in [2.24, 2.45) is 0 Å². The Morgan fingerprint density at radius 2 is 1.80 bits per heavy atom. The van der Waals surface area contributed by atoms with Crippen LogP contribution in [0.4, 0.5) is 18.9 Å². The standard InChI is InChI=1S/C19H20F3N3O4S/c20-19(21,22)13-29-16-7-6-15(12-23-16)24-18(26)17(14-4-2-1-3-5-14)25-8-10-30(27,28)11-9-25/h1-7,12,17H,8-11,13H2,(H,24,26). The van der Waals surface area contributed by atoms with Gasteiger partial charge in [0.25, 0.3) is 0 Å². The highest BCUT2D eigenvalue weighted by molar-refractivity contribution is 7.91. The van der Waals surface area contributed by atoms with Crippen LogP contribution in [0.1, 0.15) is 11.6 Å². The number of alkyl halides is 3. The Morgan fingerprint density at radius 3 is 2.37 bits per heavy atom. The summed E-state index contributed by atoms with van der Waals surface area (Å²) in [5.41, 5.74) is 0.984. The molecule has 162 valence electrons. The summed E-state index contributed by atoms with van der Waals surface area (Å²) < 4.78 is 64.7. The van der Waals surface area contributed by atoms with Gasteiger partial charge < -0.3 is 10.1 Å². The largest absolute Gasteiger partial charge is 0.468 e. The molecule has 7 nitrogen and oxygen atoms in total. The van der Waals surface area contributed by atoms with Gasteiger partial charge in [-0.25, -0.2) is 13.4 Å². The molecule has 1 saturated heterocycles. The van der Waals surface area contributed by atoms with E-state index in [-0.39, 0.29) is 36.2 Å². The van der Waals surface area contributed by atoms with E-state index >= 15 is 0 Å². The van der Waals surface area contributed by atoms with Crippen molar-refractivity contribution in [2.75, 3.05) is 36.5 Å². The van der Waals surface area contributed by atoms with Gasteiger partial charge in [0, 0.05) is 19.2 Å². The molecular weight excluding hydrogens is 423 g/mol. The van der Waals surface area contributed by atoms with E-state index in [1.807, 2.05) is 6.07 Å². The Kier molecular flexibility index (Phi) is 6.61. The zero-order valence-electron chi connectivity index (χ0n) is 15.8. The zero-order valence-corrected chi connectivity index (χ0v) is 16.6. The first-order valence-corrected chi connectivity index (χ1v) is 10.9. The van der Waals surface area contributed by atoms with Gasteiger partial charge in [0.15, 0.2) is 16.4 Å². The smallest absolute Gasteiger partial charge is 0.422 e. The van der Waals surface area contributed by atoms with Crippen molar-refractivity contribution in [1.29, 1.82) is 0 Å². The molecule has 3 rings (SSSR count). The number of anilines is 1. The van der Waals surface area contributed by atoms with Gasteiger partial charge in [-0.1, -0.05) is 30.3 Å². The fraction of sp³-hybridized carbons (Fsp3) is 0.368. The number of hydrogen-bond donors (Lipinski definition) is 1. The molecule has 1 aromatic carbocycles. The maximum absolute atomic E-state index is 13.0. The first-order chi connectivity index (χ1) is 14.1. The summed E-state index contributed by atoms with van der Waals surface area (Å²) in [6, 6.07) is 10.8. The lowest BCUT2D eigenvalue weighted by Gasteiger charge is -2.33. The van der Waals surface area contributed by atoms with E-state index in [1.54, 1.807) is 29.2 Å². The number of benzene rings is 1. The van der Waals surface area contributed by atoms with Crippen molar-refractivity contribution >= 4 is 21.4 Å². The van der Waals surface area contributed by atoms with Crippen LogP contribution in [0.5, 0.6) is 5.88 Å². The summed E-state index contributed by atoms with van der Waals surface area (Å²) in [5.74, 6) is -0.676. The number of carbonyl (C=O) groups excluding carboxylic acids is 1. The van der Waals surface area contributed by atoms with Crippen LogP contribution >= 0.6 is 0 Å². The third-order valence-electron chi connectivity index (χ3n) is 4.50. The molecule has 2 aromatic rings. The Hall–Kier alpha value is -2.66. The summed E-state index contributed by atoms with van der Waals surface area (Å²) in [4.78, 5) is 18.6. The third kappa shape index (κ3) is 6.17. The molecule has 1 aliphatic heterocycles. The van der Waals surface area contributed by atoms with Gasteiger partial charge in [0.05, 0.1) is 23.4 Å². The van der Waals surface area contributed by atoms with E-state index in [4.69, 9.17) is 0 Å². The average Bonchev–Trinajstić information content (AvgIpc) is 2.69. The molecule has 1 amide bonds. The molecule has 0 saturated carbocycles. The number of sulfone groups is 1. The molecule has 0 bridgehead atoms. The first-order valence-electron chi connectivity index (χ1n) is 9.09. The molecule has 1 aromatic heterocycles. The van der Waals surface area contributed by atoms with Crippen molar-refractivity contribution in [1.82, 2.24) is 9.88 Å². The van der Waals surface area contributed by atoms with Crippen molar-refractivity contribution in [2.45, 2.75) is 12.2 Å². The van der Waals surface area contributed by atoms with Crippen LogP contribution in [0.3, 0.4) is 0 Å². The third-order valence-corrected chi connectivity index (χ3v) is 6.10. The lowest BCUT2D eigenvalue weighted by molar-refractivity contribution is -0.154. The van der Waals surface area contributed by atoms with E-state index in [0.717, 1.165) is 0 Å². The van der Waals surface area contributed by atoms with Gasteiger partial charge in [0.2, 0.25) is 11.8 Å². The Morgan fingerprint density at radius 1 is 1.13 bits per heavy atom. The van der Waals surface area contributed by atoms with Gasteiger partial charge in [-0.15, -0.1) is 0 Å². The lowest BCUT2D eigenvalue weighted by atomic mass is 10.0. The molecular formula is C19H20F3N3O4S. The van der Waals surface area contributed by atoms with Crippen LogP contribution in [-0.2, 0) is 14.6 Å². The van der Waals surface area contributed by atoms with Crippen LogP contribution in [0.15, 0.2) is 48.7 Å². The van der Waals surface area contributed by atoms with Crippen molar-refractivity contribution in [3.63, 3.8) is 0 Å². The van der Waals surface area contributed by atoms with Gasteiger partial charge >= 0.3 is 6.18 Å². The van der Waals surface area contributed by atoms with E-state index < -0.39 is 34.6 Å². The highest BCUT2D eigenvalue weighted by Gasteiger charge is 2.32. The molecule has 2 heterocycles. The first kappa shape index (κ1) is 22.0. The summed E-state index contributed by atoms with van der Waals surface area (Å²) in [7, 11) is -3.11. The maximum Gasteiger partial charge on any atom is 0.422 e. The minimum Gasteiger partial charge on any atom is -0.468 e. The summed E-state index contributed by atoms with van der Waals surface area (Å²) >= 11 is 0. The molecule has 11 heteroatoms. The van der Waals surface area contributed by atoms with Crippen molar-refractivity contribution < 1.29 is 31.1 Å². The van der Waals surface area contributed by atoms with E-state index in [0.29, 0.717) is 5.56 Å². The molecule has 1 aliphatic rings. The Labute approximate surface area is 171 Å². The Balaban J connectivity index is 1.72. The van der Waals surface area contributed by atoms with Crippen LogP contribution < -0.4 is 10.1 Å². The number of aromatic nitrogens is 1. The molecule has 1 N–H and O–H groups in total. The highest BCUT2D eigenvalue weighted by atomic mass is 32.2. The predicted octanol–water partition coefficient (Wildman–Crippen LogP) is 2.43. The van der Waals surface area contributed by atoms with Gasteiger partial charge in [-0.3, -0.25) is 9.69 Å². The predicted molar refractivity (Wildman–Crippen MR) is 104 cm³/mol. The van der Waals surface area contributed by atoms with Gasteiger partial charge in [0.1, 0.15) is 6.04 Å². The second-order valence-electron chi connectivity index (χ2n) is 6.78. The molecule has 1 unspecified atom stereocenters. The van der Waals surface area contributed by atoms with E-state index in [9.17, 15) is 26.4 Å². The lowest BCUT2D eigenvalue weighted by Crippen LogP contribution is -2.46. The highest BCUT2D eigenvalue weighted by Crippen LogP contribution is 2.25. The van der Waals surface area contributed by atoms with Crippen LogP contribution in [0.25, 0.3) is 0 Å². The SMILES string of the molecule is O=C(Nc1ccc(OCC(F)(F)F)nc1)C(c1ccccc1)N1CCS(=O)(=O)CC1. The number of rotatable bonds is 6. The number of halogens is 3. The number of pyridine rings is 1. The second-order valence-corrected chi connectivity index (χ2v) is 9.08. The van der Waals surface area contributed by atoms with E-state index in [1.165, 1.54) is 18.3 Å². The summed E-state index contributed by atoms with van der Waals surface area (Å²) in [5, 5.41) is 2.69. The molecule has 0 aliphatic carbocycles. The number of nitrogens with zero attached hydrogens (tertiary/aromatic N) is 2. The number of amides is 1. The van der Waals surface area contributed by atoms with Gasteiger partial charge in [-0.2, -0.15) is 13.2 Å². The molecule has 0 spiro atoms. The average molecular weight is 443 g/mol. The topological polar surface area (TPSA) is 88.6 Å². The van der Waals surface area contributed by atoms with Crippen molar-refractivity contribution in [3.05, 3.63) is 54.2 Å². The molecule has 1 fully saturated rings. The minimum atomic E-state index is -4.47. The number of carbonyl (C=O) groups is 1. The van der Waals surface area contributed by atoms with Crippen LogP contribution in [-0.4, -0.2) is 61.6 Å². The van der Waals surface area contributed by atoms with Crippen LogP contribution in [0.2, 0.25) is 0 Å². The summed E-state index contributed by atoms with van der Waals surface area (Å²) in [6.07, 6.45) is -3.27. The fourth-order valence-electron chi connectivity index (χ4n) is 3.05. The minimum absolute atomic E-state index is 0.0313. The molecule has 1 atom stereocenters. The zero-order chi connectivity index (χ0) is 21.8.